The molecule has 2 N–H and O–H groups in total. The zero-order valence-corrected chi connectivity index (χ0v) is 10.2. The predicted molar refractivity (Wildman–Crippen MR) is 66.6 cm³/mol. The van der Waals surface area contributed by atoms with Crippen molar-refractivity contribution in [3.8, 4) is 11.5 Å². The Morgan fingerprint density at radius 3 is 2.44 bits per heavy atom. The van der Waals surface area contributed by atoms with Crippen LogP contribution in [-0.4, -0.2) is 34.4 Å². The van der Waals surface area contributed by atoms with E-state index in [1.54, 1.807) is 14.2 Å². The molecule has 0 fully saturated rings. The molecule has 0 amide bonds. The van der Waals surface area contributed by atoms with Crippen LogP contribution in [0.4, 0.5) is 5.69 Å². The summed E-state index contributed by atoms with van der Waals surface area (Å²) in [6.07, 6.45) is 1.09. The first-order valence-corrected chi connectivity index (χ1v) is 5.42. The Balaban J connectivity index is 2.54. The lowest BCUT2D eigenvalue weighted by atomic mass is 10.2. The van der Waals surface area contributed by atoms with E-state index in [1.165, 1.54) is 0 Å². The Morgan fingerprint density at radius 1 is 1.06 bits per heavy atom. The van der Waals surface area contributed by atoms with Gasteiger partial charge in [0.2, 0.25) is 0 Å². The van der Waals surface area contributed by atoms with Crippen molar-refractivity contribution in [1.29, 1.82) is 0 Å². The molecule has 4 nitrogen and oxygen atoms in total. The molecule has 0 aliphatic carbocycles. The quantitative estimate of drug-likeness (QED) is 0.692. The lowest BCUT2D eigenvalue weighted by Gasteiger charge is -2.11. The van der Waals surface area contributed by atoms with Gasteiger partial charge >= 0.3 is 0 Å². The smallest absolute Gasteiger partial charge is 0.162 e. The summed E-state index contributed by atoms with van der Waals surface area (Å²) >= 11 is 0. The topological polar surface area (TPSA) is 42.5 Å². The maximum Gasteiger partial charge on any atom is 0.162 e. The lowest BCUT2D eigenvalue weighted by Crippen LogP contribution is -2.12. The number of benzene rings is 1. The van der Waals surface area contributed by atoms with Gasteiger partial charge in [0.15, 0.2) is 11.5 Å². The molecule has 0 aromatic heterocycles. The number of methoxy groups -OCH3 is 2. The van der Waals surface area contributed by atoms with Gasteiger partial charge in [0, 0.05) is 18.3 Å². The number of nitrogens with one attached hydrogen (secondary N) is 2. The van der Waals surface area contributed by atoms with Crippen molar-refractivity contribution in [2.24, 2.45) is 0 Å². The van der Waals surface area contributed by atoms with Gasteiger partial charge in [0.05, 0.1) is 14.2 Å². The van der Waals surface area contributed by atoms with Crippen molar-refractivity contribution in [2.45, 2.75) is 6.42 Å². The van der Waals surface area contributed by atoms with Crippen LogP contribution in [0.3, 0.4) is 0 Å². The van der Waals surface area contributed by atoms with Gasteiger partial charge in [-0.1, -0.05) is 0 Å². The van der Waals surface area contributed by atoms with Gasteiger partial charge in [-0.05, 0) is 32.1 Å². The Morgan fingerprint density at radius 2 is 1.81 bits per heavy atom. The van der Waals surface area contributed by atoms with E-state index < -0.39 is 0 Å². The van der Waals surface area contributed by atoms with Gasteiger partial charge in [0.1, 0.15) is 0 Å². The van der Waals surface area contributed by atoms with Gasteiger partial charge in [-0.15, -0.1) is 0 Å². The van der Waals surface area contributed by atoms with Crippen LogP contribution in [0.2, 0.25) is 0 Å². The van der Waals surface area contributed by atoms with Gasteiger partial charge in [-0.2, -0.15) is 0 Å². The zero-order valence-electron chi connectivity index (χ0n) is 10.2. The molecule has 0 spiro atoms. The molecule has 1 rings (SSSR count). The molecule has 0 unspecified atom stereocenters. The molecule has 0 radical (unpaired) electrons. The summed E-state index contributed by atoms with van der Waals surface area (Å²) in [7, 11) is 5.23. The van der Waals surface area contributed by atoms with E-state index in [-0.39, 0.29) is 0 Å². The van der Waals surface area contributed by atoms with E-state index in [1.807, 2.05) is 25.2 Å². The zero-order chi connectivity index (χ0) is 11.8. The van der Waals surface area contributed by atoms with Crippen LogP contribution < -0.4 is 20.1 Å². The van der Waals surface area contributed by atoms with Gasteiger partial charge in [-0.3, -0.25) is 0 Å². The maximum atomic E-state index is 5.23. The molecule has 0 atom stereocenters. The monoisotopic (exact) mass is 224 g/mol. The summed E-state index contributed by atoms with van der Waals surface area (Å²) in [5.41, 5.74) is 1.05. The second kappa shape index (κ2) is 6.95. The second-order valence-electron chi connectivity index (χ2n) is 3.45. The minimum absolute atomic E-state index is 0.751. The fourth-order valence-electron chi connectivity index (χ4n) is 1.44. The molecule has 0 saturated carbocycles. The third-order valence-corrected chi connectivity index (χ3v) is 2.32. The molecule has 16 heavy (non-hydrogen) atoms. The van der Waals surface area contributed by atoms with Gasteiger partial charge in [-0.25, -0.2) is 0 Å². The molecule has 0 saturated heterocycles. The predicted octanol–water partition coefficient (Wildman–Crippen LogP) is 1.73. The fourth-order valence-corrected chi connectivity index (χ4v) is 1.44. The lowest BCUT2D eigenvalue weighted by molar-refractivity contribution is 0.355. The highest BCUT2D eigenvalue weighted by atomic mass is 16.5. The van der Waals surface area contributed by atoms with Crippen LogP contribution in [-0.2, 0) is 0 Å². The van der Waals surface area contributed by atoms with Crippen LogP contribution in [0.15, 0.2) is 18.2 Å². The van der Waals surface area contributed by atoms with E-state index in [0.29, 0.717) is 0 Å². The molecule has 0 bridgehead atoms. The van der Waals surface area contributed by atoms with Crippen molar-refractivity contribution >= 4 is 5.69 Å². The summed E-state index contributed by atoms with van der Waals surface area (Å²) in [4.78, 5) is 0. The summed E-state index contributed by atoms with van der Waals surface area (Å²) in [5, 5.41) is 6.44. The van der Waals surface area contributed by atoms with Crippen LogP contribution in [0.25, 0.3) is 0 Å². The Labute approximate surface area is 96.9 Å². The highest BCUT2D eigenvalue weighted by Crippen LogP contribution is 2.29. The summed E-state index contributed by atoms with van der Waals surface area (Å²) in [6, 6.07) is 5.83. The first-order valence-electron chi connectivity index (χ1n) is 5.42. The van der Waals surface area contributed by atoms with E-state index >= 15 is 0 Å². The number of hydrogen-bond acceptors (Lipinski definition) is 4. The van der Waals surface area contributed by atoms with Gasteiger partial charge in [0.25, 0.3) is 0 Å². The first-order chi connectivity index (χ1) is 7.81. The maximum absolute atomic E-state index is 5.23. The van der Waals surface area contributed by atoms with Crippen LogP contribution in [0.5, 0.6) is 11.5 Å². The standard InChI is InChI=1S/C12H20N2O2/c1-13-7-4-8-14-10-5-6-11(15-2)12(9-10)16-3/h5-6,9,13-14H,4,7-8H2,1-3H3. The number of hydrogen-bond donors (Lipinski definition) is 2. The normalized spacial score (nSPS) is 9.94. The average Bonchev–Trinajstić information content (AvgIpc) is 2.34. The van der Waals surface area contributed by atoms with Crippen LogP contribution in [0, 0.1) is 0 Å². The number of anilines is 1. The second-order valence-corrected chi connectivity index (χ2v) is 3.45. The Bertz CT molecular complexity index is 316. The minimum Gasteiger partial charge on any atom is -0.493 e. The highest BCUT2D eigenvalue weighted by Gasteiger charge is 2.03. The molecule has 1 aromatic rings. The van der Waals surface area contributed by atoms with Crippen molar-refractivity contribution in [3.63, 3.8) is 0 Å². The third kappa shape index (κ3) is 3.62. The van der Waals surface area contributed by atoms with Crippen molar-refractivity contribution in [1.82, 2.24) is 5.32 Å². The van der Waals surface area contributed by atoms with Crippen molar-refractivity contribution < 1.29 is 9.47 Å². The third-order valence-electron chi connectivity index (χ3n) is 2.32. The van der Waals surface area contributed by atoms with E-state index in [9.17, 15) is 0 Å². The summed E-state index contributed by atoms with van der Waals surface area (Å²) < 4.78 is 10.4. The van der Waals surface area contributed by atoms with Gasteiger partial charge < -0.3 is 20.1 Å². The van der Waals surface area contributed by atoms with E-state index in [0.717, 1.165) is 36.7 Å². The first kappa shape index (κ1) is 12.6. The highest BCUT2D eigenvalue weighted by molar-refractivity contribution is 5.54. The van der Waals surface area contributed by atoms with E-state index in [2.05, 4.69) is 10.6 Å². The fraction of sp³-hybridized carbons (Fsp3) is 0.500. The van der Waals surface area contributed by atoms with Crippen LogP contribution >= 0.6 is 0 Å². The van der Waals surface area contributed by atoms with Crippen molar-refractivity contribution in [3.05, 3.63) is 18.2 Å². The molecular weight excluding hydrogens is 204 g/mol. The molecule has 4 heteroatoms. The minimum atomic E-state index is 0.751. The van der Waals surface area contributed by atoms with E-state index in [4.69, 9.17) is 9.47 Å². The number of ether oxygens (including phenoxy) is 2. The average molecular weight is 224 g/mol. The largest absolute Gasteiger partial charge is 0.493 e. The SMILES string of the molecule is CNCCCNc1ccc(OC)c(OC)c1. The molecule has 0 aliphatic heterocycles. The van der Waals surface area contributed by atoms with Crippen molar-refractivity contribution in [2.75, 3.05) is 39.7 Å². The Kier molecular flexibility index (Phi) is 5.50. The Hall–Kier alpha value is -1.42. The molecule has 0 aliphatic rings. The molecule has 0 heterocycles. The molecule has 1 aromatic carbocycles. The molecule has 90 valence electrons. The summed E-state index contributed by atoms with van der Waals surface area (Å²) in [5.74, 6) is 1.50. The molecular formula is C12H20N2O2. The summed E-state index contributed by atoms with van der Waals surface area (Å²) in [6.45, 7) is 1.95. The number of rotatable bonds is 7. The van der Waals surface area contributed by atoms with Crippen LogP contribution in [0.1, 0.15) is 6.42 Å².